The van der Waals surface area contributed by atoms with Gasteiger partial charge in [0.15, 0.2) is 0 Å². The van der Waals surface area contributed by atoms with Gasteiger partial charge in [-0.25, -0.2) is 13.6 Å². The lowest BCUT2D eigenvalue weighted by atomic mass is 9.85. The van der Waals surface area contributed by atoms with Gasteiger partial charge in [-0.2, -0.15) is 0 Å². The molecule has 0 unspecified atom stereocenters. The Morgan fingerprint density at radius 3 is 2.29 bits per heavy atom. The number of hydrogen-bond donors (Lipinski definition) is 0. The molecule has 2 fully saturated rings. The number of halogens is 2. The van der Waals surface area contributed by atoms with Gasteiger partial charge in [-0.15, -0.1) is 0 Å². The minimum absolute atomic E-state index is 0.175. The van der Waals surface area contributed by atoms with E-state index in [1.165, 1.54) is 11.0 Å². The fourth-order valence-electron chi connectivity index (χ4n) is 4.92. The molecule has 4 rings (SSSR count). The molecule has 2 aliphatic rings. The molecule has 2 aromatic carbocycles. The SMILES string of the molecule is COc1ccc(CN2C(=O)N(CC(C)C)C3(CCN(Cc4cc(F)ccc4F)CC3)C2=O)cc1. The monoisotopic (exact) mass is 471 g/mol. The Labute approximate surface area is 199 Å². The van der Waals surface area contributed by atoms with Gasteiger partial charge in [0.1, 0.15) is 22.9 Å². The van der Waals surface area contributed by atoms with Gasteiger partial charge in [-0.05, 0) is 54.7 Å². The van der Waals surface area contributed by atoms with Gasteiger partial charge in [0.2, 0.25) is 0 Å². The molecule has 6 nitrogen and oxygen atoms in total. The van der Waals surface area contributed by atoms with Crippen molar-refractivity contribution in [1.82, 2.24) is 14.7 Å². The van der Waals surface area contributed by atoms with Crippen molar-refractivity contribution in [2.75, 3.05) is 26.7 Å². The van der Waals surface area contributed by atoms with Gasteiger partial charge in [0.05, 0.1) is 13.7 Å². The zero-order chi connectivity index (χ0) is 24.5. The van der Waals surface area contributed by atoms with Crippen molar-refractivity contribution in [2.24, 2.45) is 5.92 Å². The zero-order valence-electron chi connectivity index (χ0n) is 19.9. The van der Waals surface area contributed by atoms with E-state index in [1.807, 2.05) is 43.0 Å². The summed E-state index contributed by atoms with van der Waals surface area (Å²) in [7, 11) is 1.59. The van der Waals surface area contributed by atoms with Gasteiger partial charge in [0.25, 0.3) is 5.91 Å². The normalized spacial score (nSPS) is 18.4. The largest absolute Gasteiger partial charge is 0.497 e. The van der Waals surface area contributed by atoms with Crippen LogP contribution < -0.4 is 4.74 Å². The second-order valence-electron chi connectivity index (χ2n) is 9.57. The topological polar surface area (TPSA) is 53.1 Å². The van der Waals surface area contributed by atoms with Crippen molar-refractivity contribution >= 4 is 11.9 Å². The number of ether oxygens (including phenoxy) is 1. The average Bonchev–Trinajstić information content (AvgIpc) is 2.99. The van der Waals surface area contributed by atoms with Gasteiger partial charge in [0, 0.05) is 31.7 Å². The summed E-state index contributed by atoms with van der Waals surface area (Å²) >= 11 is 0. The maximum Gasteiger partial charge on any atom is 0.327 e. The average molecular weight is 472 g/mol. The van der Waals surface area contributed by atoms with Crippen molar-refractivity contribution in [1.29, 1.82) is 0 Å². The Kier molecular flexibility index (Phi) is 6.89. The van der Waals surface area contributed by atoms with E-state index >= 15 is 0 Å². The van der Waals surface area contributed by atoms with E-state index in [2.05, 4.69) is 0 Å². The van der Waals surface area contributed by atoms with Crippen LogP contribution in [-0.4, -0.2) is 58.9 Å². The Morgan fingerprint density at radius 1 is 1.00 bits per heavy atom. The smallest absolute Gasteiger partial charge is 0.327 e. The Balaban J connectivity index is 1.52. The zero-order valence-corrected chi connectivity index (χ0v) is 19.9. The first kappa shape index (κ1) is 24.1. The summed E-state index contributed by atoms with van der Waals surface area (Å²) in [6.45, 7) is 6.04. The van der Waals surface area contributed by atoms with Crippen LogP contribution in [-0.2, 0) is 17.9 Å². The molecule has 0 bridgehead atoms. The molecule has 0 radical (unpaired) electrons. The van der Waals surface area contributed by atoms with Crippen LogP contribution in [0.2, 0.25) is 0 Å². The number of carbonyl (C=O) groups is 2. The highest BCUT2D eigenvalue weighted by molar-refractivity contribution is 6.07. The summed E-state index contributed by atoms with van der Waals surface area (Å²) in [5.74, 6) is -0.179. The molecular weight excluding hydrogens is 440 g/mol. The molecule has 2 aliphatic heterocycles. The van der Waals surface area contributed by atoms with Crippen LogP contribution in [0.4, 0.5) is 13.6 Å². The lowest BCUT2D eigenvalue weighted by Gasteiger charge is -2.42. The molecule has 34 heavy (non-hydrogen) atoms. The third-order valence-corrected chi connectivity index (χ3v) is 6.75. The van der Waals surface area contributed by atoms with E-state index in [1.54, 1.807) is 12.0 Å². The van der Waals surface area contributed by atoms with Gasteiger partial charge in [-0.3, -0.25) is 14.6 Å². The number of amides is 3. The van der Waals surface area contributed by atoms with Gasteiger partial charge >= 0.3 is 6.03 Å². The number of nitrogens with zero attached hydrogens (tertiary/aromatic N) is 3. The van der Waals surface area contributed by atoms with Crippen LogP contribution in [0, 0.1) is 17.6 Å². The van der Waals surface area contributed by atoms with Gasteiger partial charge < -0.3 is 9.64 Å². The van der Waals surface area contributed by atoms with E-state index in [0.717, 1.165) is 17.7 Å². The van der Waals surface area contributed by atoms with Crippen LogP contribution in [0.1, 0.15) is 37.8 Å². The summed E-state index contributed by atoms with van der Waals surface area (Å²) in [6, 6.07) is 10.5. The van der Waals surface area contributed by atoms with Gasteiger partial charge in [-0.1, -0.05) is 26.0 Å². The van der Waals surface area contributed by atoms with E-state index in [9.17, 15) is 18.4 Å². The standard InChI is InChI=1S/C26H31F2N3O3/c1-18(2)15-31-25(33)30(16-19-4-7-22(34-3)8-5-19)24(32)26(31)10-12-29(13-11-26)17-20-14-21(27)6-9-23(20)28/h4-9,14,18H,10-13,15-17H2,1-3H3. The first-order chi connectivity index (χ1) is 16.2. The fourth-order valence-corrected chi connectivity index (χ4v) is 4.92. The highest BCUT2D eigenvalue weighted by atomic mass is 19.1. The number of benzene rings is 2. The van der Waals surface area contributed by atoms with Crippen molar-refractivity contribution < 1.29 is 23.1 Å². The number of imide groups is 1. The van der Waals surface area contributed by atoms with Crippen molar-refractivity contribution in [3.8, 4) is 5.75 Å². The fraction of sp³-hybridized carbons (Fsp3) is 0.462. The van der Waals surface area contributed by atoms with Crippen molar-refractivity contribution in [3.63, 3.8) is 0 Å². The summed E-state index contributed by atoms with van der Waals surface area (Å²) in [6.07, 6.45) is 0.917. The summed E-state index contributed by atoms with van der Waals surface area (Å²) in [5, 5.41) is 0. The lowest BCUT2D eigenvalue weighted by Crippen LogP contribution is -2.57. The number of piperidine rings is 1. The van der Waals surface area contributed by atoms with E-state index in [-0.39, 0.29) is 30.9 Å². The highest BCUT2D eigenvalue weighted by Crippen LogP contribution is 2.39. The summed E-state index contributed by atoms with van der Waals surface area (Å²) in [4.78, 5) is 32.2. The molecule has 8 heteroatoms. The predicted molar refractivity (Wildman–Crippen MR) is 124 cm³/mol. The molecule has 0 aliphatic carbocycles. The number of urea groups is 1. The van der Waals surface area contributed by atoms with E-state index in [0.29, 0.717) is 43.8 Å². The molecule has 2 heterocycles. The van der Waals surface area contributed by atoms with Crippen LogP contribution in [0.25, 0.3) is 0 Å². The van der Waals surface area contributed by atoms with Crippen molar-refractivity contribution in [3.05, 3.63) is 65.2 Å². The predicted octanol–water partition coefficient (Wildman–Crippen LogP) is 4.43. The third-order valence-electron chi connectivity index (χ3n) is 6.75. The molecular formula is C26H31F2N3O3. The molecule has 0 saturated carbocycles. The second-order valence-corrected chi connectivity index (χ2v) is 9.57. The Morgan fingerprint density at radius 2 is 1.68 bits per heavy atom. The summed E-state index contributed by atoms with van der Waals surface area (Å²) < 4.78 is 32.9. The van der Waals surface area contributed by atoms with Crippen molar-refractivity contribution in [2.45, 2.75) is 45.3 Å². The first-order valence-corrected chi connectivity index (χ1v) is 11.7. The van der Waals surface area contributed by atoms with E-state index in [4.69, 9.17) is 4.74 Å². The number of likely N-dealkylation sites (tertiary alicyclic amines) is 1. The molecule has 0 N–H and O–H groups in total. The minimum atomic E-state index is -0.898. The molecule has 3 amide bonds. The maximum absolute atomic E-state index is 14.1. The highest BCUT2D eigenvalue weighted by Gasteiger charge is 2.57. The minimum Gasteiger partial charge on any atom is -0.497 e. The molecule has 0 aromatic heterocycles. The number of hydrogen-bond acceptors (Lipinski definition) is 4. The van der Waals surface area contributed by atoms with Crippen LogP contribution in [0.3, 0.4) is 0 Å². The van der Waals surface area contributed by atoms with E-state index < -0.39 is 17.2 Å². The number of methoxy groups -OCH3 is 1. The Hall–Kier alpha value is -3.00. The first-order valence-electron chi connectivity index (χ1n) is 11.7. The molecule has 0 atom stereocenters. The molecule has 2 saturated heterocycles. The lowest BCUT2D eigenvalue weighted by molar-refractivity contribution is -0.136. The molecule has 1 spiro atoms. The van der Waals surface area contributed by atoms with Crippen LogP contribution >= 0.6 is 0 Å². The van der Waals surface area contributed by atoms with Crippen LogP contribution in [0.15, 0.2) is 42.5 Å². The Bertz CT molecular complexity index is 1050. The van der Waals surface area contributed by atoms with Crippen LogP contribution in [0.5, 0.6) is 5.75 Å². The third kappa shape index (κ3) is 4.64. The maximum atomic E-state index is 14.1. The molecule has 2 aromatic rings. The quantitative estimate of drug-likeness (QED) is 0.561. The summed E-state index contributed by atoms with van der Waals surface area (Å²) in [5.41, 5.74) is 0.248. The molecule has 182 valence electrons. The number of rotatable bonds is 7. The second kappa shape index (κ2) is 9.70. The number of carbonyl (C=O) groups excluding carboxylic acids is 2.